The van der Waals surface area contributed by atoms with E-state index in [2.05, 4.69) is 9.97 Å². The smallest absolute Gasteiger partial charge is 0.313 e. The Morgan fingerprint density at radius 3 is 2.88 bits per heavy atom. The predicted octanol–water partition coefficient (Wildman–Crippen LogP) is 1.31. The number of carboxylic acid groups (broad SMARTS) is 1. The van der Waals surface area contributed by atoms with Gasteiger partial charge in [0.05, 0.1) is 5.75 Å². The van der Waals surface area contributed by atoms with Gasteiger partial charge in [0.2, 0.25) is 5.71 Å². The minimum absolute atomic E-state index is 0.160. The maximum Gasteiger partial charge on any atom is 0.313 e. The number of hydrogen-bond donors (Lipinski definition) is 2. The Balaban J connectivity index is 2.49. The summed E-state index contributed by atoms with van der Waals surface area (Å²) in [5.41, 5.74) is 0.692. The summed E-state index contributed by atoms with van der Waals surface area (Å²) >= 11 is 0.946. The Morgan fingerprint density at radius 2 is 2.24 bits per heavy atom. The van der Waals surface area contributed by atoms with Gasteiger partial charge in [0.25, 0.3) is 5.56 Å². The van der Waals surface area contributed by atoms with E-state index in [4.69, 9.17) is 9.52 Å². The molecule has 17 heavy (non-hydrogen) atoms. The van der Waals surface area contributed by atoms with Crippen LogP contribution in [0.1, 0.15) is 11.3 Å². The SMILES string of the molecule is Cc1oc2nc(SCC(=O)O)[nH]c(=O)c2c1C. The average Bonchev–Trinajstić information content (AvgIpc) is 2.52. The van der Waals surface area contributed by atoms with Gasteiger partial charge in [-0.1, -0.05) is 11.8 Å². The van der Waals surface area contributed by atoms with Crippen molar-refractivity contribution in [1.29, 1.82) is 0 Å². The number of furan rings is 1. The first-order valence-corrected chi connectivity index (χ1v) is 5.82. The van der Waals surface area contributed by atoms with Crippen LogP contribution in [0, 0.1) is 13.8 Å². The summed E-state index contributed by atoms with van der Waals surface area (Å²) in [6, 6.07) is 0. The van der Waals surface area contributed by atoms with E-state index in [9.17, 15) is 9.59 Å². The van der Waals surface area contributed by atoms with Crippen molar-refractivity contribution in [3.63, 3.8) is 0 Å². The summed E-state index contributed by atoms with van der Waals surface area (Å²) < 4.78 is 5.34. The molecule has 0 unspecified atom stereocenters. The normalized spacial score (nSPS) is 10.9. The maximum absolute atomic E-state index is 11.8. The third-order valence-corrected chi connectivity index (χ3v) is 3.21. The molecule has 0 aliphatic rings. The lowest BCUT2D eigenvalue weighted by molar-refractivity contribution is -0.133. The van der Waals surface area contributed by atoms with Crippen LogP contribution in [0.25, 0.3) is 11.1 Å². The van der Waals surface area contributed by atoms with Crippen LogP contribution in [0.4, 0.5) is 0 Å². The van der Waals surface area contributed by atoms with Crippen LogP contribution in [0.5, 0.6) is 0 Å². The molecule has 0 aliphatic heterocycles. The van der Waals surface area contributed by atoms with Gasteiger partial charge in [-0.05, 0) is 13.8 Å². The van der Waals surface area contributed by atoms with Gasteiger partial charge in [0.15, 0.2) is 5.16 Å². The van der Waals surface area contributed by atoms with Crippen molar-refractivity contribution in [3.8, 4) is 0 Å². The van der Waals surface area contributed by atoms with E-state index in [0.717, 1.165) is 17.3 Å². The van der Waals surface area contributed by atoms with Crippen molar-refractivity contribution in [2.45, 2.75) is 19.0 Å². The summed E-state index contributed by atoms with van der Waals surface area (Å²) in [4.78, 5) is 28.8. The number of nitrogens with zero attached hydrogens (tertiary/aromatic N) is 1. The van der Waals surface area contributed by atoms with Gasteiger partial charge in [-0.25, -0.2) is 0 Å². The monoisotopic (exact) mass is 254 g/mol. The van der Waals surface area contributed by atoms with E-state index < -0.39 is 5.97 Å². The lowest BCUT2D eigenvalue weighted by Crippen LogP contribution is -2.10. The molecule has 2 aromatic rings. The highest BCUT2D eigenvalue weighted by molar-refractivity contribution is 7.99. The molecule has 0 spiro atoms. The molecular formula is C10H10N2O4S. The minimum atomic E-state index is -0.968. The minimum Gasteiger partial charge on any atom is -0.481 e. The molecule has 0 saturated heterocycles. The third-order valence-electron chi connectivity index (χ3n) is 2.35. The second kappa shape index (κ2) is 4.25. The quantitative estimate of drug-likeness (QED) is 0.633. The molecule has 0 aromatic carbocycles. The Hall–Kier alpha value is -1.76. The number of hydrogen-bond acceptors (Lipinski definition) is 5. The fraction of sp³-hybridized carbons (Fsp3) is 0.300. The summed E-state index contributed by atoms with van der Waals surface area (Å²) in [5, 5.41) is 9.21. The largest absolute Gasteiger partial charge is 0.481 e. The number of carbonyl (C=O) groups is 1. The van der Waals surface area contributed by atoms with Gasteiger partial charge in [-0.3, -0.25) is 9.59 Å². The molecule has 0 saturated carbocycles. The van der Waals surface area contributed by atoms with E-state index in [1.807, 2.05) is 0 Å². The lowest BCUT2D eigenvalue weighted by atomic mass is 10.2. The van der Waals surface area contributed by atoms with Crippen LogP contribution in [-0.2, 0) is 4.79 Å². The molecule has 0 fully saturated rings. The zero-order valence-electron chi connectivity index (χ0n) is 9.23. The molecule has 2 heterocycles. The Kier molecular flexibility index (Phi) is 2.93. The van der Waals surface area contributed by atoms with Crippen molar-refractivity contribution in [2.75, 3.05) is 5.75 Å². The van der Waals surface area contributed by atoms with Crippen LogP contribution < -0.4 is 5.56 Å². The van der Waals surface area contributed by atoms with E-state index in [0.29, 0.717) is 11.1 Å². The van der Waals surface area contributed by atoms with Gasteiger partial charge in [-0.2, -0.15) is 4.98 Å². The number of aliphatic carboxylic acids is 1. The highest BCUT2D eigenvalue weighted by Gasteiger charge is 2.14. The molecule has 2 aromatic heterocycles. The number of aromatic nitrogens is 2. The molecule has 90 valence electrons. The van der Waals surface area contributed by atoms with Crippen molar-refractivity contribution >= 4 is 28.8 Å². The average molecular weight is 254 g/mol. The molecule has 0 atom stereocenters. The standard InChI is InChI=1S/C10H10N2O4S/c1-4-5(2)16-9-7(4)8(15)11-10(12-9)17-3-6(13)14/h3H2,1-2H3,(H,13,14)(H,11,12,15). The number of rotatable bonds is 3. The van der Waals surface area contributed by atoms with Crippen molar-refractivity contribution in [3.05, 3.63) is 21.7 Å². The second-order valence-electron chi connectivity index (χ2n) is 3.52. The molecule has 0 radical (unpaired) electrons. The van der Waals surface area contributed by atoms with Gasteiger partial charge >= 0.3 is 5.97 Å². The lowest BCUT2D eigenvalue weighted by Gasteiger charge is -1.97. The van der Waals surface area contributed by atoms with Gasteiger partial charge < -0.3 is 14.5 Å². The van der Waals surface area contributed by atoms with Gasteiger partial charge in [0, 0.05) is 5.56 Å². The number of nitrogens with one attached hydrogen (secondary N) is 1. The number of thioether (sulfide) groups is 1. The van der Waals surface area contributed by atoms with Crippen LogP contribution in [-0.4, -0.2) is 26.8 Å². The van der Waals surface area contributed by atoms with E-state index in [-0.39, 0.29) is 22.2 Å². The maximum atomic E-state index is 11.8. The van der Waals surface area contributed by atoms with Crippen LogP contribution in [0.2, 0.25) is 0 Å². The van der Waals surface area contributed by atoms with Crippen molar-refractivity contribution in [1.82, 2.24) is 9.97 Å². The highest BCUT2D eigenvalue weighted by Crippen LogP contribution is 2.21. The fourth-order valence-electron chi connectivity index (χ4n) is 1.43. The second-order valence-corrected chi connectivity index (χ2v) is 4.48. The Bertz CT molecular complexity index is 644. The first kappa shape index (κ1) is 11.7. The number of aryl methyl sites for hydroxylation is 2. The fourth-order valence-corrected chi connectivity index (χ4v) is 2.01. The van der Waals surface area contributed by atoms with Crippen LogP contribution >= 0.6 is 11.8 Å². The summed E-state index contributed by atoms with van der Waals surface area (Å²) in [7, 11) is 0. The molecular weight excluding hydrogens is 244 g/mol. The highest BCUT2D eigenvalue weighted by atomic mass is 32.2. The van der Waals surface area contributed by atoms with Gasteiger partial charge in [0.1, 0.15) is 11.1 Å². The zero-order chi connectivity index (χ0) is 12.6. The molecule has 0 amide bonds. The predicted molar refractivity (Wildman–Crippen MR) is 62.5 cm³/mol. The molecule has 0 bridgehead atoms. The Morgan fingerprint density at radius 1 is 1.53 bits per heavy atom. The molecule has 6 nitrogen and oxygen atoms in total. The van der Waals surface area contributed by atoms with E-state index >= 15 is 0 Å². The van der Waals surface area contributed by atoms with E-state index in [1.54, 1.807) is 13.8 Å². The topological polar surface area (TPSA) is 96.2 Å². The number of H-pyrrole nitrogens is 1. The summed E-state index contributed by atoms with van der Waals surface area (Å²) in [6.45, 7) is 3.53. The molecule has 0 aliphatic carbocycles. The van der Waals surface area contributed by atoms with Crippen LogP contribution in [0.15, 0.2) is 14.4 Å². The van der Waals surface area contributed by atoms with Crippen LogP contribution in [0.3, 0.4) is 0 Å². The molecule has 2 N–H and O–H groups in total. The zero-order valence-corrected chi connectivity index (χ0v) is 10.1. The van der Waals surface area contributed by atoms with Gasteiger partial charge in [-0.15, -0.1) is 0 Å². The number of fused-ring (bicyclic) bond motifs is 1. The summed E-state index contributed by atoms with van der Waals surface area (Å²) in [5.74, 6) is -0.490. The molecule has 7 heteroatoms. The van der Waals surface area contributed by atoms with Crippen molar-refractivity contribution < 1.29 is 14.3 Å². The van der Waals surface area contributed by atoms with Crippen molar-refractivity contribution in [2.24, 2.45) is 0 Å². The number of aromatic amines is 1. The first-order valence-electron chi connectivity index (χ1n) is 4.83. The third kappa shape index (κ3) is 2.19. The van der Waals surface area contributed by atoms with E-state index in [1.165, 1.54) is 0 Å². The number of carboxylic acids is 1. The molecule has 2 rings (SSSR count). The summed E-state index contributed by atoms with van der Waals surface area (Å²) in [6.07, 6.45) is 0. The Labute approximate surface area is 100 Å². The first-order chi connectivity index (χ1) is 7.99.